The maximum absolute atomic E-state index is 12.2. The van der Waals surface area contributed by atoms with Crippen LogP contribution in [0.4, 0.5) is 10.5 Å². The summed E-state index contributed by atoms with van der Waals surface area (Å²) in [5.41, 5.74) is 0.540. The second-order valence-corrected chi connectivity index (χ2v) is 9.23. The summed E-state index contributed by atoms with van der Waals surface area (Å²) < 4.78 is 11.8. The number of anilines is 1. The number of hydrogen-bond acceptors (Lipinski definition) is 7. The topological polar surface area (TPSA) is 83.1 Å². The summed E-state index contributed by atoms with van der Waals surface area (Å²) in [6, 6.07) is 8.57. The Bertz CT molecular complexity index is 930. The second kappa shape index (κ2) is 10.3. The number of piperazine rings is 1. The van der Waals surface area contributed by atoms with Crippen molar-refractivity contribution in [3.8, 4) is 11.5 Å². The van der Waals surface area contributed by atoms with Crippen LogP contribution in [0.15, 0.2) is 30.3 Å². The molecule has 0 bridgehead atoms. The molecule has 8 nitrogen and oxygen atoms in total. The largest absolute Gasteiger partial charge is 0.486 e. The van der Waals surface area contributed by atoms with Gasteiger partial charge in [-0.15, -0.1) is 11.3 Å². The van der Waals surface area contributed by atoms with E-state index in [1.807, 2.05) is 6.07 Å². The monoisotopic (exact) mass is 464 g/mol. The molecular weight excluding hydrogens is 440 g/mol. The van der Waals surface area contributed by atoms with E-state index in [-0.39, 0.29) is 12.3 Å². The molecule has 2 aromatic rings. The highest BCUT2D eigenvalue weighted by Crippen LogP contribution is 2.32. The van der Waals surface area contributed by atoms with Crippen LogP contribution in [0.3, 0.4) is 0 Å². The molecule has 4 rings (SSSR count). The van der Waals surface area contributed by atoms with Gasteiger partial charge in [-0.25, -0.2) is 4.79 Å². The maximum atomic E-state index is 12.2. The Hall–Kier alpha value is -2.33. The number of imide groups is 1. The van der Waals surface area contributed by atoms with E-state index in [0.29, 0.717) is 36.9 Å². The zero-order valence-corrected chi connectivity index (χ0v) is 18.6. The zero-order chi connectivity index (χ0) is 21.6. The van der Waals surface area contributed by atoms with Gasteiger partial charge in [-0.05, 0) is 24.3 Å². The van der Waals surface area contributed by atoms with Crippen molar-refractivity contribution in [2.24, 2.45) is 0 Å². The van der Waals surface area contributed by atoms with E-state index in [9.17, 15) is 9.59 Å². The number of amides is 3. The molecule has 1 aromatic heterocycles. The van der Waals surface area contributed by atoms with Crippen LogP contribution in [0, 0.1) is 0 Å². The average Bonchev–Trinajstić information content (AvgIpc) is 3.17. The molecule has 1 saturated heterocycles. The summed E-state index contributed by atoms with van der Waals surface area (Å²) >= 11 is 7.61. The van der Waals surface area contributed by atoms with Gasteiger partial charge in [-0.2, -0.15) is 0 Å². The number of carbonyl (C=O) groups excluding carboxylic acids is 2. The summed E-state index contributed by atoms with van der Waals surface area (Å²) in [5.74, 6) is 0.926. The fraction of sp³-hybridized carbons (Fsp3) is 0.429. The molecule has 0 saturated carbocycles. The molecule has 0 aliphatic carbocycles. The average molecular weight is 465 g/mol. The molecule has 0 atom stereocenters. The molecule has 3 heterocycles. The SMILES string of the molecule is O=C(CCN1CCN(Cc2ccc(Cl)s2)CC1)NC(=O)Nc1ccc2c(c1)OCCO2. The highest BCUT2D eigenvalue weighted by atomic mass is 35.5. The van der Waals surface area contributed by atoms with Crippen molar-refractivity contribution in [2.45, 2.75) is 13.0 Å². The Balaban J connectivity index is 1.15. The van der Waals surface area contributed by atoms with Crippen molar-refractivity contribution in [1.82, 2.24) is 15.1 Å². The number of fused-ring (bicyclic) bond motifs is 1. The third kappa shape index (κ3) is 6.33. The van der Waals surface area contributed by atoms with Crippen LogP contribution in [-0.2, 0) is 11.3 Å². The molecule has 166 valence electrons. The fourth-order valence-corrected chi connectivity index (χ4v) is 4.69. The second-order valence-electron chi connectivity index (χ2n) is 7.43. The van der Waals surface area contributed by atoms with Crippen molar-refractivity contribution in [3.05, 3.63) is 39.5 Å². The molecule has 0 radical (unpaired) electrons. The lowest BCUT2D eigenvalue weighted by Gasteiger charge is -2.34. The predicted molar refractivity (Wildman–Crippen MR) is 120 cm³/mol. The summed E-state index contributed by atoms with van der Waals surface area (Å²) in [6.45, 7) is 6.20. The van der Waals surface area contributed by atoms with E-state index >= 15 is 0 Å². The van der Waals surface area contributed by atoms with Gasteiger partial charge >= 0.3 is 6.03 Å². The third-order valence-electron chi connectivity index (χ3n) is 5.18. The number of nitrogens with one attached hydrogen (secondary N) is 2. The van der Waals surface area contributed by atoms with E-state index in [2.05, 4.69) is 26.5 Å². The Morgan fingerprint density at radius 2 is 1.74 bits per heavy atom. The number of rotatable bonds is 6. The van der Waals surface area contributed by atoms with Crippen molar-refractivity contribution < 1.29 is 19.1 Å². The Kier molecular flexibility index (Phi) is 7.29. The van der Waals surface area contributed by atoms with Gasteiger partial charge < -0.3 is 19.7 Å². The third-order valence-corrected chi connectivity index (χ3v) is 6.40. The number of hydrogen-bond donors (Lipinski definition) is 2. The van der Waals surface area contributed by atoms with Crippen molar-refractivity contribution in [1.29, 1.82) is 0 Å². The van der Waals surface area contributed by atoms with E-state index in [0.717, 1.165) is 37.1 Å². The first-order chi connectivity index (χ1) is 15.0. The van der Waals surface area contributed by atoms with E-state index in [1.165, 1.54) is 4.88 Å². The number of ether oxygens (including phenoxy) is 2. The molecule has 0 spiro atoms. The van der Waals surface area contributed by atoms with Crippen molar-refractivity contribution >= 4 is 40.6 Å². The number of halogens is 1. The van der Waals surface area contributed by atoms with Gasteiger partial charge in [0.2, 0.25) is 5.91 Å². The molecule has 2 aliphatic rings. The molecule has 1 aromatic carbocycles. The lowest BCUT2D eigenvalue weighted by molar-refractivity contribution is -0.120. The quantitative estimate of drug-likeness (QED) is 0.683. The van der Waals surface area contributed by atoms with Crippen LogP contribution in [-0.4, -0.2) is 67.7 Å². The van der Waals surface area contributed by atoms with Gasteiger partial charge in [0.15, 0.2) is 11.5 Å². The molecule has 3 amide bonds. The van der Waals surface area contributed by atoms with Crippen molar-refractivity contribution in [3.63, 3.8) is 0 Å². The first-order valence-electron chi connectivity index (χ1n) is 10.2. The number of nitrogens with zero attached hydrogens (tertiary/aromatic N) is 2. The van der Waals surface area contributed by atoms with Crippen LogP contribution >= 0.6 is 22.9 Å². The van der Waals surface area contributed by atoms with Gasteiger partial charge in [-0.3, -0.25) is 15.0 Å². The number of urea groups is 1. The number of carbonyl (C=O) groups is 2. The van der Waals surface area contributed by atoms with Gasteiger partial charge in [-0.1, -0.05) is 11.6 Å². The Morgan fingerprint density at radius 1 is 1.00 bits per heavy atom. The first kappa shape index (κ1) is 21.9. The van der Waals surface area contributed by atoms with Crippen LogP contribution in [0.5, 0.6) is 11.5 Å². The van der Waals surface area contributed by atoms with E-state index in [1.54, 1.807) is 29.5 Å². The fourth-order valence-electron chi connectivity index (χ4n) is 3.56. The van der Waals surface area contributed by atoms with Crippen molar-refractivity contribution in [2.75, 3.05) is 51.3 Å². The highest BCUT2D eigenvalue weighted by Gasteiger charge is 2.19. The molecule has 1 fully saturated rings. The van der Waals surface area contributed by atoms with Crippen LogP contribution in [0.25, 0.3) is 0 Å². The van der Waals surface area contributed by atoms with E-state index in [4.69, 9.17) is 21.1 Å². The summed E-state index contributed by atoms with van der Waals surface area (Å²) in [5, 5.41) is 5.04. The lowest BCUT2D eigenvalue weighted by atomic mass is 10.2. The minimum atomic E-state index is -0.555. The summed E-state index contributed by atoms with van der Waals surface area (Å²) in [4.78, 5) is 30.2. The molecular formula is C21H25ClN4O4S. The van der Waals surface area contributed by atoms with Crippen LogP contribution < -0.4 is 20.1 Å². The van der Waals surface area contributed by atoms with Gasteiger partial charge in [0, 0.05) is 62.3 Å². The minimum absolute atomic E-state index is 0.273. The normalized spacial score (nSPS) is 16.7. The first-order valence-corrected chi connectivity index (χ1v) is 11.4. The van der Waals surface area contributed by atoms with Crippen LogP contribution in [0.1, 0.15) is 11.3 Å². The summed E-state index contributed by atoms with van der Waals surface area (Å²) in [7, 11) is 0. The predicted octanol–water partition coefficient (Wildman–Crippen LogP) is 3.03. The standard InChI is InChI=1S/C21H25ClN4O4S/c22-19-4-2-16(31-19)14-26-9-7-25(8-10-26)6-5-20(27)24-21(28)23-15-1-3-17-18(13-15)30-12-11-29-17/h1-4,13H,5-12,14H2,(H2,23,24,27,28). The lowest BCUT2D eigenvalue weighted by Crippen LogP contribution is -2.47. The smallest absolute Gasteiger partial charge is 0.325 e. The maximum Gasteiger partial charge on any atom is 0.325 e. The summed E-state index contributed by atoms with van der Waals surface area (Å²) in [6.07, 6.45) is 0.273. The number of thiophene rings is 1. The van der Waals surface area contributed by atoms with Gasteiger partial charge in [0.25, 0.3) is 0 Å². The Morgan fingerprint density at radius 3 is 2.48 bits per heavy atom. The van der Waals surface area contributed by atoms with E-state index < -0.39 is 6.03 Å². The molecule has 2 N–H and O–H groups in total. The zero-order valence-electron chi connectivity index (χ0n) is 17.1. The molecule has 2 aliphatic heterocycles. The Labute approximate surface area is 190 Å². The minimum Gasteiger partial charge on any atom is -0.486 e. The highest BCUT2D eigenvalue weighted by molar-refractivity contribution is 7.16. The van der Waals surface area contributed by atoms with Crippen LogP contribution in [0.2, 0.25) is 4.34 Å². The molecule has 31 heavy (non-hydrogen) atoms. The molecule has 10 heteroatoms. The van der Waals surface area contributed by atoms with Gasteiger partial charge in [0.1, 0.15) is 13.2 Å². The molecule has 0 unspecified atom stereocenters. The van der Waals surface area contributed by atoms with Gasteiger partial charge in [0.05, 0.1) is 4.34 Å². The number of benzene rings is 1.